The summed E-state index contributed by atoms with van der Waals surface area (Å²) in [5, 5.41) is 0. The zero-order chi connectivity index (χ0) is 12.6. The van der Waals surface area contributed by atoms with Crippen LogP contribution in [0.3, 0.4) is 0 Å². The molecule has 4 nitrogen and oxygen atoms in total. The average Bonchev–Trinajstić information content (AvgIpc) is 2.07. The molecule has 0 fully saturated rings. The standard InChI is InChI=1S/C10H21ClO4S/c1-9(2)8-10(3)15-5-4-14-6-7-16(11,12)13/h9-10H,4-8H2,1-3H3. The van der Waals surface area contributed by atoms with Crippen LogP contribution in [0.2, 0.25) is 0 Å². The molecule has 6 heteroatoms. The molecule has 0 amide bonds. The Morgan fingerprint density at radius 2 is 1.75 bits per heavy atom. The van der Waals surface area contributed by atoms with E-state index in [1.165, 1.54) is 0 Å². The molecule has 1 unspecified atom stereocenters. The summed E-state index contributed by atoms with van der Waals surface area (Å²) in [6.45, 7) is 7.30. The number of hydrogen-bond donors (Lipinski definition) is 0. The first-order valence-corrected chi connectivity index (χ1v) is 7.91. The van der Waals surface area contributed by atoms with Gasteiger partial charge in [0.05, 0.1) is 31.7 Å². The molecule has 0 aliphatic carbocycles. The molecule has 0 saturated carbocycles. The van der Waals surface area contributed by atoms with Gasteiger partial charge in [0, 0.05) is 10.7 Å². The van der Waals surface area contributed by atoms with Gasteiger partial charge in [-0.3, -0.25) is 0 Å². The van der Waals surface area contributed by atoms with E-state index in [4.69, 9.17) is 20.2 Å². The Bertz CT molecular complexity index is 264. The molecule has 0 aromatic rings. The van der Waals surface area contributed by atoms with E-state index in [0.717, 1.165) is 6.42 Å². The zero-order valence-electron chi connectivity index (χ0n) is 10.1. The molecular formula is C10H21ClO4S. The molecule has 0 radical (unpaired) electrons. The highest BCUT2D eigenvalue weighted by Gasteiger charge is 2.06. The maximum absolute atomic E-state index is 10.5. The fourth-order valence-corrected chi connectivity index (χ4v) is 1.81. The maximum atomic E-state index is 10.5. The molecule has 1 atom stereocenters. The number of halogens is 1. The number of rotatable bonds is 9. The van der Waals surface area contributed by atoms with Gasteiger partial charge in [-0.25, -0.2) is 8.42 Å². The lowest BCUT2D eigenvalue weighted by Crippen LogP contribution is -2.16. The van der Waals surface area contributed by atoms with Crippen molar-refractivity contribution in [2.75, 3.05) is 25.6 Å². The first-order valence-electron chi connectivity index (χ1n) is 5.43. The van der Waals surface area contributed by atoms with Crippen LogP contribution in [0, 0.1) is 5.92 Å². The van der Waals surface area contributed by atoms with Gasteiger partial charge >= 0.3 is 0 Å². The Morgan fingerprint density at radius 1 is 1.12 bits per heavy atom. The molecule has 16 heavy (non-hydrogen) atoms. The smallest absolute Gasteiger partial charge is 0.234 e. The monoisotopic (exact) mass is 272 g/mol. The predicted octanol–water partition coefficient (Wildman–Crippen LogP) is 2.02. The van der Waals surface area contributed by atoms with Gasteiger partial charge in [0.1, 0.15) is 0 Å². The van der Waals surface area contributed by atoms with E-state index in [1.54, 1.807) is 0 Å². The molecule has 0 aliphatic rings. The van der Waals surface area contributed by atoms with Crippen LogP contribution < -0.4 is 0 Å². The van der Waals surface area contributed by atoms with E-state index in [9.17, 15) is 8.42 Å². The lowest BCUT2D eigenvalue weighted by atomic mass is 10.1. The molecular weight excluding hydrogens is 252 g/mol. The molecule has 0 heterocycles. The third kappa shape index (κ3) is 12.2. The van der Waals surface area contributed by atoms with E-state index in [2.05, 4.69) is 13.8 Å². The van der Waals surface area contributed by atoms with E-state index in [0.29, 0.717) is 19.1 Å². The van der Waals surface area contributed by atoms with Gasteiger partial charge in [0.2, 0.25) is 9.05 Å². The summed E-state index contributed by atoms with van der Waals surface area (Å²) < 4.78 is 31.6. The van der Waals surface area contributed by atoms with E-state index >= 15 is 0 Å². The Morgan fingerprint density at radius 3 is 2.25 bits per heavy atom. The Kier molecular flexibility index (Phi) is 8.36. The summed E-state index contributed by atoms with van der Waals surface area (Å²) in [5.74, 6) is 0.452. The fourth-order valence-electron chi connectivity index (χ4n) is 1.30. The fraction of sp³-hybridized carbons (Fsp3) is 1.00. The van der Waals surface area contributed by atoms with E-state index in [-0.39, 0.29) is 18.5 Å². The van der Waals surface area contributed by atoms with Crippen molar-refractivity contribution in [3.8, 4) is 0 Å². The Labute approximate surface area is 103 Å². The van der Waals surface area contributed by atoms with Crippen LogP contribution in [-0.4, -0.2) is 40.1 Å². The third-order valence-corrected chi connectivity index (χ3v) is 3.02. The second kappa shape index (κ2) is 8.28. The number of hydrogen-bond acceptors (Lipinski definition) is 4. The van der Waals surface area contributed by atoms with Gasteiger partial charge in [-0.2, -0.15) is 0 Å². The van der Waals surface area contributed by atoms with Crippen LogP contribution in [-0.2, 0) is 18.5 Å². The van der Waals surface area contributed by atoms with Crippen molar-refractivity contribution < 1.29 is 17.9 Å². The van der Waals surface area contributed by atoms with Crippen molar-refractivity contribution in [2.24, 2.45) is 5.92 Å². The highest BCUT2D eigenvalue weighted by atomic mass is 35.7. The van der Waals surface area contributed by atoms with Gasteiger partial charge < -0.3 is 9.47 Å². The second-order valence-electron chi connectivity index (χ2n) is 4.17. The first-order chi connectivity index (χ1) is 7.31. The highest BCUT2D eigenvalue weighted by Crippen LogP contribution is 2.07. The van der Waals surface area contributed by atoms with Crippen LogP contribution in [0.1, 0.15) is 27.2 Å². The average molecular weight is 273 g/mol. The van der Waals surface area contributed by atoms with E-state index < -0.39 is 9.05 Å². The minimum Gasteiger partial charge on any atom is -0.378 e. The summed E-state index contributed by atoms with van der Waals surface area (Å²) in [6, 6.07) is 0. The molecule has 0 saturated heterocycles. The Hall–Kier alpha value is 0.160. The zero-order valence-corrected chi connectivity index (χ0v) is 11.7. The molecule has 0 aromatic heterocycles. The summed E-state index contributed by atoms with van der Waals surface area (Å²) in [4.78, 5) is 0. The normalized spacial score (nSPS) is 14.3. The Balaban J connectivity index is 3.34. The highest BCUT2D eigenvalue weighted by molar-refractivity contribution is 8.13. The van der Waals surface area contributed by atoms with E-state index in [1.807, 2.05) is 6.92 Å². The van der Waals surface area contributed by atoms with Crippen molar-refractivity contribution in [1.29, 1.82) is 0 Å². The SMILES string of the molecule is CC(C)CC(C)OCCOCCS(=O)(=O)Cl. The van der Waals surface area contributed by atoms with Crippen LogP contribution in [0.25, 0.3) is 0 Å². The lowest BCUT2D eigenvalue weighted by molar-refractivity contribution is 0.00785. The van der Waals surface area contributed by atoms with Gasteiger partial charge in [-0.05, 0) is 19.3 Å². The van der Waals surface area contributed by atoms with Gasteiger partial charge in [-0.15, -0.1) is 0 Å². The predicted molar refractivity (Wildman–Crippen MR) is 65.3 cm³/mol. The van der Waals surface area contributed by atoms with Crippen LogP contribution >= 0.6 is 10.7 Å². The second-order valence-corrected chi connectivity index (χ2v) is 7.06. The van der Waals surface area contributed by atoms with Gasteiger partial charge in [0.25, 0.3) is 0 Å². The molecule has 98 valence electrons. The summed E-state index contributed by atoms with van der Waals surface area (Å²) >= 11 is 0. The largest absolute Gasteiger partial charge is 0.378 e. The molecule has 0 aromatic carbocycles. The molecule has 0 N–H and O–H groups in total. The third-order valence-electron chi connectivity index (χ3n) is 1.90. The minimum absolute atomic E-state index is 0.119. The molecule has 0 bridgehead atoms. The van der Waals surface area contributed by atoms with Crippen molar-refractivity contribution in [1.82, 2.24) is 0 Å². The summed E-state index contributed by atoms with van der Waals surface area (Å²) in [6.07, 6.45) is 1.22. The summed E-state index contributed by atoms with van der Waals surface area (Å²) in [5.41, 5.74) is 0. The van der Waals surface area contributed by atoms with Crippen molar-refractivity contribution in [3.05, 3.63) is 0 Å². The van der Waals surface area contributed by atoms with Crippen molar-refractivity contribution in [2.45, 2.75) is 33.3 Å². The van der Waals surface area contributed by atoms with Crippen molar-refractivity contribution >= 4 is 19.7 Å². The van der Waals surface area contributed by atoms with Gasteiger partial charge in [0.15, 0.2) is 0 Å². The minimum atomic E-state index is -3.44. The lowest BCUT2D eigenvalue weighted by Gasteiger charge is -2.14. The quantitative estimate of drug-likeness (QED) is 0.476. The topological polar surface area (TPSA) is 52.6 Å². The molecule has 0 rings (SSSR count). The molecule has 0 spiro atoms. The molecule has 0 aliphatic heterocycles. The van der Waals surface area contributed by atoms with Crippen LogP contribution in [0.4, 0.5) is 0 Å². The van der Waals surface area contributed by atoms with Gasteiger partial charge in [-0.1, -0.05) is 13.8 Å². The summed E-state index contributed by atoms with van der Waals surface area (Å²) in [7, 11) is 1.58. The first kappa shape index (κ1) is 16.2. The van der Waals surface area contributed by atoms with Crippen LogP contribution in [0.5, 0.6) is 0 Å². The number of ether oxygens (including phenoxy) is 2. The van der Waals surface area contributed by atoms with Crippen LogP contribution in [0.15, 0.2) is 0 Å². The maximum Gasteiger partial charge on any atom is 0.234 e. The van der Waals surface area contributed by atoms with Crippen molar-refractivity contribution in [3.63, 3.8) is 0 Å².